The summed E-state index contributed by atoms with van der Waals surface area (Å²) in [7, 11) is 0. The van der Waals surface area contributed by atoms with Crippen LogP contribution in [0.15, 0.2) is 27.1 Å². The zero-order valence-electron chi connectivity index (χ0n) is 7.49. The number of aromatic nitrogens is 2. The third-order valence-electron chi connectivity index (χ3n) is 1.79. The van der Waals surface area contributed by atoms with E-state index in [1.807, 2.05) is 25.1 Å². The second kappa shape index (κ2) is 3.42. The molecule has 0 aliphatic heterocycles. The third kappa shape index (κ3) is 1.63. The summed E-state index contributed by atoms with van der Waals surface area (Å²) >= 11 is 3.41. The Balaban J connectivity index is 2.55. The van der Waals surface area contributed by atoms with Crippen LogP contribution in [0.2, 0.25) is 0 Å². The number of nitrogen functional groups attached to an aromatic ring is 1. The van der Waals surface area contributed by atoms with Crippen molar-refractivity contribution in [3.8, 4) is 11.5 Å². The predicted molar refractivity (Wildman–Crippen MR) is 56.6 cm³/mol. The maximum Gasteiger partial charge on any atom is 0.313 e. The Hall–Kier alpha value is -1.36. The highest BCUT2D eigenvalue weighted by Crippen LogP contribution is 2.28. The molecule has 0 unspecified atom stereocenters. The van der Waals surface area contributed by atoms with Crippen molar-refractivity contribution in [1.82, 2.24) is 10.2 Å². The summed E-state index contributed by atoms with van der Waals surface area (Å²) in [5.74, 6) is 0.429. The second-order valence-electron chi connectivity index (χ2n) is 2.93. The topological polar surface area (TPSA) is 64.9 Å². The van der Waals surface area contributed by atoms with Crippen LogP contribution in [-0.2, 0) is 0 Å². The van der Waals surface area contributed by atoms with Gasteiger partial charge in [-0.05, 0) is 35.0 Å². The van der Waals surface area contributed by atoms with Crippen LogP contribution in [0.1, 0.15) is 5.56 Å². The van der Waals surface area contributed by atoms with Gasteiger partial charge in [-0.15, -0.1) is 5.10 Å². The smallest absolute Gasteiger partial charge is 0.313 e. The van der Waals surface area contributed by atoms with Gasteiger partial charge in [0.25, 0.3) is 5.89 Å². The summed E-state index contributed by atoms with van der Waals surface area (Å²) in [6, 6.07) is 5.96. The summed E-state index contributed by atoms with van der Waals surface area (Å²) in [4.78, 5) is 0. The highest BCUT2D eigenvalue weighted by molar-refractivity contribution is 9.10. The molecule has 72 valence electrons. The zero-order chi connectivity index (χ0) is 10.1. The van der Waals surface area contributed by atoms with Crippen LogP contribution >= 0.6 is 15.9 Å². The van der Waals surface area contributed by atoms with Crippen molar-refractivity contribution in [2.45, 2.75) is 6.92 Å². The molecule has 0 aliphatic rings. The Morgan fingerprint density at radius 3 is 2.79 bits per heavy atom. The maximum absolute atomic E-state index is 5.35. The molecule has 1 aromatic heterocycles. The summed E-state index contributed by atoms with van der Waals surface area (Å²) in [6.07, 6.45) is 0. The van der Waals surface area contributed by atoms with E-state index in [9.17, 15) is 0 Å². The summed E-state index contributed by atoms with van der Waals surface area (Å²) in [5, 5.41) is 7.42. The molecule has 2 rings (SSSR count). The lowest BCUT2D eigenvalue weighted by molar-refractivity contribution is 0.590. The van der Waals surface area contributed by atoms with E-state index >= 15 is 0 Å². The zero-order valence-corrected chi connectivity index (χ0v) is 9.08. The van der Waals surface area contributed by atoms with Crippen molar-refractivity contribution in [2.24, 2.45) is 0 Å². The van der Waals surface area contributed by atoms with Crippen LogP contribution < -0.4 is 5.73 Å². The van der Waals surface area contributed by atoms with Gasteiger partial charge < -0.3 is 10.2 Å². The third-order valence-corrected chi connectivity index (χ3v) is 2.48. The number of nitrogens with two attached hydrogens (primary N) is 1. The van der Waals surface area contributed by atoms with E-state index in [1.54, 1.807) is 0 Å². The molecule has 2 aromatic rings. The molecule has 0 saturated carbocycles. The quantitative estimate of drug-likeness (QED) is 0.848. The molecule has 0 radical (unpaired) electrons. The van der Waals surface area contributed by atoms with Gasteiger partial charge in [0.15, 0.2) is 0 Å². The number of hydrogen-bond donors (Lipinski definition) is 1. The summed E-state index contributed by atoms with van der Waals surface area (Å²) < 4.78 is 6.04. The molecule has 5 heteroatoms. The first-order valence-electron chi connectivity index (χ1n) is 4.02. The van der Waals surface area contributed by atoms with Crippen LogP contribution in [0.25, 0.3) is 11.5 Å². The number of nitrogens with zero attached hydrogens (tertiary/aromatic N) is 2. The van der Waals surface area contributed by atoms with Crippen molar-refractivity contribution < 1.29 is 4.42 Å². The number of hydrogen-bond acceptors (Lipinski definition) is 4. The van der Waals surface area contributed by atoms with Crippen LogP contribution in [0, 0.1) is 6.92 Å². The average molecular weight is 254 g/mol. The van der Waals surface area contributed by atoms with E-state index < -0.39 is 0 Å². The minimum Gasteiger partial charge on any atom is -0.404 e. The largest absolute Gasteiger partial charge is 0.404 e. The van der Waals surface area contributed by atoms with E-state index in [0.29, 0.717) is 5.89 Å². The fraction of sp³-hybridized carbons (Fsp3) is 0.111. The van der Waals surface area contributed by atoms with Gasteiger partial charge in [0.05, 0.1) is 5.56 Å². The molecular weight excluding hydrogens is 246 g/mol. The lowest BCUT2D eigenvalue weighted by Gasteiger charge is -1.99. The molecule has 0 fully saturated rings. The molecule has 1 heterocycles. The Kier molecular flexibility index (Phi) is 2.25. The van der Waals surface area contributed by atoms with Crippen molar-refractivity contribution in [1.29, 1.82) is 0 Å². The number of rotatable bonds is 1. The van der Waals surface area contributed by atoms with Crippen molar-refractivity contribution in [3.63, 3.8) is 0 Å². The first kappa shape index (κ1) is 9.21. The molecule has 0 spiro atoms. The molecule has 14 heavy (non-hydrogen) atoms. The Bertz CT molecular complexity index is 467. The van der Waals surface area contributed by atoms with Crippen LogP contribution in [0.5, 0.6) is 0 Å². The highest BCUT2D eigenvalue weighted by Gasteiger charge is 2.09. The van der Waals surface area contributed by atoms with Gasteiger partial charge in [-0.3, -0.25) is 0 Å². The molecule has 1 aromatic carbocycles. The average Bonchev–Trinajstić information content (AvgIpc) is 2.56. The molecule has 0 amide bonds. The van der Waals surface area contributed by atoms with E-state index in [4.69, 9.17) is 10.2 Å². The van der Waals surface area contributed by atoms with Crippen LogP contribution in [0.3, 0.4) is 0 Å². The fourth-order valence-electron chi connectivity index (χ4n) is 1.15. The molecule has 2 N–H and O–H groups in total. The molecule has 4 nitrogen and oxygen atoms in total. The fourth-order valence-corrected chi connectivity index (χ4v) is 1.56. The first-order valence-corrected chi connectivity index (χ1v) is 4.81. The standard InChI is InChI=1S/C9H8BrN3O/c1-5-2-3-7(10)6(4-5)8-12-13-9(11)14-8/h2-4H,1H3,(H2,11,13). The van der Waals surface area contributed by atoms with Crippen LogP contribution in [0.4, 0.5) is 6.01 Å². The Morgan fingerprint density at radius 1 is 1.36 bits per heavy atom. The summed E-state index contributed by atoms with van der Waals surface area (Å²) in [6.45, 7) is 2.00. The normalized spacial score (nSPS) is 10.4. The molecule has 0 saturated heterocycles. The van der Waals surface area contributed by atoms with Crippen molar-refractivity contribution >= 4 is 21.9 Å². The monoisotopic (exact) mass is 253 g/mol. The van der Waals surface area contributed by atoms with Gasteiger partial charge in [-0.1, -0.05) is 16.7 Å². The Morgan fingerprint density at radius 2 is 2.14 bits per heavy atom. The maximum atomic E-state index is 5.35. The van der Waals surface area contributed by atoms with E-state index in [2.05, 4.69) is 26.1 Å². The van der Waals surface area contributed by atoms with E-state index in [0.717, 1.165) is 15.6 Å². The lowest BCUT2D eigenvalue weighted by atomic mass is 10.1. The highest BCUT2D eigenvalue weighted by atomic mass is 79.9. The predicted octanol–water partition coefficient (Wildman–Crippen LogP) is 2.39. The van der Waals surface area contributed by atoms with E-state index in [1.165, 1.54) is 0 Å². The molecule has 0 aliphatic carbocycles. The van der Waals surface area contributed by atoms with E-state index in [-0.39, 0.29) is 6.01 Å². The van der Waals surface area contributed by atoms with Gasteiger partial charge in [0.2, 0.25) is 0 Å². The van der Waals surface area contributed by atoms with Gasteiger partial charge in [0.1, 0.15) is 0 Å². The summed E-state index contributed by atoms with van der Waals surface area (Å²) in [5.41, 5.74) is 7.33. The number of aryl methyl sites for hydroxylation is 1. The first-order chi connectivity index (χ1) is 6.66. The number of halogens is 1. The minimum atomic E-state index is 0.0772. The molecule has 0 bridgehead atoms. The Labute approximate surface area is 89.3 Å². The number of benzene rings is 1. The van der Waals surface area contributed by atoms with Crippen molar-refractivity contribution in [2.75, 3.05) is 5.73 Å². The lowest BCUT2D eigenvalue weighted by Crippen LogP contribution is -1.82. The van der Waals surface area contributed by atoms with Gasteiger partial charge in [-0.2, -0.15) is 0 Å². The van der Waals surface area contributed by atoms with Crippen molar-refractivity contribution in [3.05, 3.63) is 28.2 Å². The number of anilines is 1. The van der Waals surface area contributed by atoms with Crippen LogP contribution in [-0.4, -0.2) is 10.2 Å². The molecule has 0 atom stereocenters. The van der Waals surface area contributed by atoms with Gasteiger partial charge >= 0.3 is 6.01 Å². The minimum absolute atomic E-state index is 0.0772. The second-order valence-corrected chi connectivity index (χ2v) is 3.78. The SMILES string of the molecule is Cc1ccc(Br)c(-c2nnc(N)o2)c1. The van der Waals surface area contributed by atoms with Gasteiger partial charge in [-0.25, -0.2) is 0 Å². The van der Waals surface area contributed by atoms with Gasteiger partial charge in [0, 0.05) is 4.47 Å². The molecular formula is C9H8BrN3O.